The van der Waals surface area contributed by atoms with Crippen molar-refractivity contribution in [3.63, 3.8) is 0 Å². The molecule has 1 N–H and O–H groups in total. The van der Waals surface area contributed by atoms with Crippen molar-refractivity contribution in [2.24, 2.45) is 28.1 Å². The summed E-state index contributed by atoms with van der Waals surface area (Å²) >= 11 is 0. The minimum atomic E-state index is -1.30. The van der Waals surface area contributed by atoms with E-state index in [1.165, 1.54) is 6.08 Å². The van der Waals surface area contributed by atoms with Crippen molar-refractivity contribution < 1.29 is 24.2 Å². The quantitative estimate of drug-likeness (QED) is 0.309. The standard InChI is InChI=1S/C29H46O5/c1-10-22(30)21-18-28(16-12-19(2)3)23(31)13-17-29(25(28)33,24(32)20(4)5)27(21,8)15-11-14-26(6,7)34-9/h10,12,20-22,30H,1,11,13-18H2,2-9H3/t21-,22?,27-,28-,29-/m0/s1. The fourth-order valence-corrected chi connectivity index (χ4v) is 6.58. The van der Waals surface area contributed by atoms with Crippen molar-refractivity contribution in [2.45, 2.75) is 105 Å². The Morgan fingerprint density at radius 2 is 1.91 bits per heavy atom. The molecule has 0 heterocycles. The van der Waals surface area contributed by atoms with E-state index in [1.807, 2.05) is 54.5 Å². The molecular formula is C29H46O5. The van der Waals surface area contributed by atoms with Gasteiger partial charge in [0.2, 0.25) is 0 Å². The van der Waals surface area contributed by atoms with Gasteiger partial charge in [-0.1, -0.05) is 44.9 Å². The Balaban J connectivity index is 2.75. The van der Waals surface area contributed by atoms with Crippen molar-refractivity contribution in [3.8, 4) is 0 Å². The molecule has 2 bridgehead atoms. The van der Waals surface area contributed by atoms with Crippen molar-refractivity contribution in [2.75, 3.05) is 7.11 Å². The first-order valence-electron chi connectivity index (χ1n) is 12.8. The van der Waals surface area contributed by atoms with Crippen LogP contribution in [0.3, 0.4) is 0 Å². The second-order valence-electron chi connectivity index (χ2n) is 12.0. The molecule has 0 saturated heterocycles. The maximum absolute atomic E-state index is 14.5. The number of aliphatic hydroxyl groups excluding tert-OH is 1. The van der Waals surface area contributed by atoms with Crippen molar-refractivity contribution in [3.05, 3.63) is 24.3 Å². The van der Waals surface area contributed by atoms with Gasteiger partial charge in [-0.3, -0.25) is 14.4 Å². The highest BCUT2D eigenvalue weighted by molar-refractivity contribution is 6.21. The van der Waals surface area contributed by atoms with Crippen LogP contribution >= 0.6 is 0 Å². The smallest absolute Gasteiger partial charge is 0.160 e. The number of allylic oxidation sites excluding steroid dienone is 2. The molecule has 2 aliphatic rings. The van der Waals surface area contributed by atoms with Crippen molar-refractivity contribution >= 4 is 17.3 Å². The molecule has 2 aliphatic carbocycles. The molecule has 0 aromatic rings. The van der Waals surface area contributed by atoms with E-state index in [9.17, 15) is 19.5 Å². The number of hydrogen-bond donors (Lipinski definition) is 1. The van der Waals surface area contributed by atoms with Crippen molar-refractivity contribution in [1.29, 1.82) is 0 Å². The lowest BCUT2D eigenvalue weighted by Crippen LogP contribution is -2.70. The van der Waals surface area contributed by atoms with Crippen LogP contribution in [0.5, 0.6) is 0 Å². The normalized spacial score (nSPS) is 32.5. The molecule has 0 aromatic carbocycles. The number of ketones is 3. The molecule has 0 radical (unpaired) electrons. The second kappa shape index (κ2) is 10.2. The van der Waals surface area contributed by atoms with Gasteiger partial charge >= 0.3 is 0 Å². The molecule has 1 unspecified atom stereocenters. The predicted octanol–water partition coefficient (Wildman–Crippen LogP) is 5.64. The minimum Gasteiger partial charge on any atom is -0.389 e. The van der Waals surface area contributed by atoms with Gasteiger partial charge < -0.3 is 9.84 Å². The summed E-state index contributed by atoms with van der Waals surface area (Å²) < 4.78 is 5.60. The van der Waals surface area contributed by atoms with E-state index in [0.717, 1.165) is 18.4 Å². The molecule has 0 aliphatic heterocycles. The molecular weight excluding hydrogens is 428 g/mol. The Hall–Kier alpha value is -1.59. The number of ether oxygens (including phenoxy) is 1. The highest BCUT2D eigenvalue weighted by Gasteiger charge is 2.73. The average molecular weight is 475 g/mol. The summed E-state index contributed by atoms with van der Waals surface area (Å²) in [4.78, 5) is 42.0. The fourth-order valence-electron chi connectivity index (χ4n) is 6.58. The van der Waals surface area contributed by atoms with E-state index >= 15 is 0 Å². The number of carbonyl (C=O) groups is 3. The zero-order valence-electron chi connectivity index (χ0n) is 22.6. The van der Waals surface area contributed by atoms with Crippen molar-refractivity contribution in [1.82, 2.24) is 0 Å². The lowest BCUT2D eigenvalue weighted by Gasteiger charge is -2.62. The number of aliphatic hydroxyl groups is 1. The number of fused-ring (bicyclic) bond motifs is 2. The van der Waals surface area contributed by atoms with Gasteiger partial charge in [0, 0.05) is 19.4 Å². The molecule has 5 nitrogen and oxygen atoms in total. The number of rotatable bonds is 11. The van der Waals surface area contributed by atoms with Gasteiger partial charge in [-0.15, -0.1) is 6.58 Å². The number of methoxy groups -OCH3 is 1. The molecule has 2 fully saturated rings. The van der Waals surface area contributed by atoms with Crippen LogP contribution in [0.1, 0.15) is 93.4 Å². The summed E-state index contributed by atoms with van der Waals surface area (Å²) in [6.07, 6.45) is 5.60. The Kier molecular flexibility index (Phi) is 8.58. The van der Waals surface area contributed by atoms with E-state index in [-0.39, 0.29) is 54.6 Å². The van der Waals surface area contributed by atoms with E-state index in [1.54, 1.807) is 7.11 Å². The first-order chi connectivity index (χ1) is 15.6. The molecule has 192 valence electrons. The van der Waals surface area contributed by atoms with Gasteiger partial charge in [0.05, 0.1) is 22.5 Å². The van der Waals surface area contributed by atoms with Gasteiger partial charge in [0.1, 0.15) is 11.6 Å². The first-order valence-corrected chi connectivity index (χ1v) is 12.8. The Bertz CT molecular complexity index is 849. The maximum Gasteiger partial charge on any atom is 0.160 e. The summed E-state index contributed by atoms with van der Waals surface area (Å²) in [6, 6.07) is 0. The van der Waals surface area contributed by atoms with Crippen LogP contribution in [0.15, 0.2) is 24.3 Å². The predicted molar refractivity (Wildman–Crippen MR) is 135 cm³/mol. The Morgan fingerprint density at radius 1 is 1.29 bits per heavy atom. The van der Waals surface area contributed by atoms with Gasteiger partial charge in [-0.25, -0.2) is 0 Å². The second-order valence-corrected chi connectivity index (χ2v) is 12.0. The summed E-state index contributed by atoms with van der Waals surface area (Å²) in [6.45, 7) is 17.4. The molecule has 0 spiro atoms. The lowest BCUT2D eigenvalue weighted by molar-refractivity contribution is -0.190. The van der Waals surface area contributed by atoms with Crippen LogP contribution in [0.25, 0.3) is 0 Å². The molecule has 2 saturated carbocycles. The SMILES string of the molecule is C=CC(O)[C@@H]1C[C@@]2(CC=C(C)C)C(=O)CC[C@](C(=O)C(C)C)(C2=O)[C@@]1(C)CCCC(C)(C)OC. The van der Waals surface area contributed by atoms with Crippen LogP contribution < -0.4 is 0 Å². The number of hydrogen-bond acceptors (Lipinski definition) is 5. The van der Waals surface area contributed by atoms with Crippen LogP contribution in [0.4, 0.5) is 0 Å². The van der Waals surface area contributed by atoms with Crippen LogP contribution in [0, 0.1) is 28.1 Å². The Morgan fingerprint density at radius 3 is 2.41 bits per heavy atom. The minimum absolute atomic E-state index is 0.0917. The van der Waals surface area contributed by atoms with E-state index in [4.69, 9.17) is 4.74 Å². The van der Waals surface area contributed by atoms with Crippen LogP contribution in [0.2, 0.25) is 0 Å². The van der Waals surface area contributed by atoms with Gasteiger partial charge in [-0.05, 0) is 71.1 Å². The maximum atomic E-state index is 14.5. The highest BCUT2D eigenvalue weighted by atomic mass is 16.5. The number of Topliss-reactive ketones (excluding diaryl/α,β-unsaturated/α-hetero) is 3. The third-order valence-corrected chi connectivity index (χ3v) is 8.93. The van der Waals surface area contributed by atoms with E-state index in [2.05, 4.69) is 6.58 Å². The monoisotopic (exact) mass is 474 g/mol. The lowest BCUT2D eigenvalue weighted by atomic mass is 9.37. The van der Waals surface area contributed by atoms with Gasteiger partial charge in [0.15, 0.2) is 5.78 Å². The van der Waals surface area contributed by atoms with E-state index < -0.39 is 28.3 Å². The highest BCUT2D eigenvalue weighted by Crippen LogP contribution is 2.66. The first kappa shape index (κ1) is 28.6. The summed E-state index contributed by atoms with van der Waals surface area (Å²) in [5.41, 5.74) is -2.66. The summed E-state index contributed by atoms with van der Waals surface area (Å²) in [7, 11) is 1.68. The zero-order chi connectivity index (χ0) is 26.1. The third-order valence-electron chi connectivity index (χ3n) is 8.93. The molecule has 0 amide bonds. The molecule has 2 rings (SSSR count). The number of carbonyl (C=O) groups excluding carboxylic acids is 3. The third kappa shape index (κ3) is 4.63. The van der Waals surface area contributed by atoms with Crippen LogP contribution in [-0.2, 0) is 19.1 Å². The summed E-state index contributed by atoms with van der Waals surface area (Å²) in [5.74, 6) is -1.18. The zero-order valence-corrected chi connectivity index (χ0v) is 22.6. The Labute approximate surface area is 206 Å². The average Bonchev–Trinajstić information content (AvgIpc) is 2.77. The fraction of sp³-hybridized carbons (Fsp3) is 0.759. The summed E-state index contributed by atoms with van der Waals surface area (Å²) in [5, 5.41) is 11.2. The topological polar surface area (TPSA) is 80.7 Å². The molecule has 34 heavy (non-hydrogen) atoms. The largest absolute Gasteiger partial charge is 0.389 e. The van der Waals surface area contributed by atoms with Crippen LogP contribution in [-0.4, -0.2) is 41.3 Å². The molecule has 5 heteroatoms. The molecule has 0 aromatic heterocycles. The van der Waals surface area contributed by atoms with Gasteiger partial charge in [-0.2, -0.15) is 0 Å². The van der Waals surface area contributed by atoms with E-state index in [0.29, 0.717) is 6.42 Å². The van der Waals surface area contributed by atoms with Gasteiger partial charge in [0.25, 0.3) is 0 Å². The molecule has 5 atom stereocenters.